The number of hydrogen-bond acceptors (Lipinski definition) is 6. The van der Waals surface area contributed by atoms with Gasteiger partial charge in [-0.05, 0) is 31.5 Å². The van der Waals surface area contributed by atoms with Gasteiger partial charge in [-0.3, -0.25) is 9.78 Å². The number of nitrogens with zero attached hydrogens (tertiary/aromatic N) is 3. The molecule has 0 aliphatic heterocycles. The van der Waals surface area contributed by atoms with Crippen molar-refractivity contribution in [2.45, 2.75) is 25.7 Å². The van der Waals surface area contributed by atoms with Crippen LogP contribution in [0, 0.1) is 6.92 Å². The molecule has 0 spiro atoms. The molecule has 6 heteroatoms. The van der Waals surface area contributed by atoms with Crippen molar-refractivity contribution in [3.05, 3.63) is 71.3 Å². The van der Waals surface area contributed by atoms with Crippen LogP contribution in [0.1, 0.15) is 39.6 Å². The van der Waals surface area contributed by atoms with Crippen LogP contribution in [0.5, 0.6) is 11.5 Å². The van der Waals surface area contributed by atoms with Crippen molar-refractivity contribution in [3.8, 4) is 11.5 Å². The summed E-state index contributed by atoms with van der Waals surface area (Å²) in [5.41, 5.74) is 8.61. The molecule has 0 fully saturated rings. The zero-order valence-corrected chi connectivity index (χ0v) is 14.3. The fraction of sp³-hybridized carbons (Fsp3) is 0.200. The fourth-order valence-electron chi connectivity index (χ4n) is 3.43. The Hall–Kier alpha value is -3.28. The van der Waals surface area contributed by atoms with E-state index in [0.717, 1.165) is 11.3 Å². The van der Waals surface area contributed by atoms with Crippen molar-refractivity contribution in [1.29, 1.82) is 0 Å². The number of nitrogens with two attached hydrogens (primary N) is 1. The first kappa shape index (κ1) is 16.2. The van der Waals surface area contributed by atoms with Gasteiger partial charge in [0.15, 0.2) is 5.78 Å². The summed E-state index contributed by atoms with van der Waals surface area (Å²) >= 11 is 0. The number of benzene rings is 1. The first-order valence-electron chi connectivity index (χ1n) is 8.45. The summed E-state index contributed by atoms with van der Waals surface area (Å²) in [5, 5.41) is 0. The standard InChI is InChI=1S/C20H18N4O2/c1-12-19-16(24-20(21)23-12)9-13(10-17(19)25)15-11-22-8-7-18(15)26-14-5-3-2-4-6-14/h2-8,11,13H,9-10H2,1H3,(H2,21,23,24). The molecule has 1 atom stereocenters. The van der Waals surface area contributed by atoms with Crippen LogP contribution in [0.4, 0.5) is 5.95 Å². The van der Waals surface area contributed by atoms with Crippen LogP contribution in [-0.2, 0) is 6.42 Å². The van der Waals surface area contributed by atoms with E-state index < -0.39 is 0 Å². The Morgan fingerprint density at radius 1 is 1.12 bits per heavy atom. The van der Waals surface area contributed by atoms with Crippen LogP contribution in [0.15, 0.2) is 48.8 Å². The van der Waals surface area contributed by atoms with E-state index in [1.807, 2.05) is 36.4 Å². The Kier molecular flexibility index (Phi) is 4.08. The van der Waals surface area contributed by atoms with Crippen molar-refractivity contribution in [2.24, 2.45) is 0 Å². The number of carbonyl (C=O) groups excluding carboxylic acids is 1. The van der Waals surface area contributed by atoms with Crippen LogP contribution in [-0.4, -0.2) is 20.7 Å². The smallest absolute Gasteiger partial charge is 0.220 e. The van der Waals surface area contributed by atoms with Crippen molar-refractivity contribution < 1.29 is 9.53 Å². The molecule has 4 rings (SSSR count). The summed E-state index contributed by atoms with van der Waals surface area (Å²) in [6, 6.07) is 11.4. The third-order valence-corrected chi connectivity index (χ3v) is 4.55. The number of aromatic nitrogens is 3. The van der Waals surface area contributed by atoms with E-state index in [1.54, 1.807) is 19.3 Å². The van der Waals surface area contributed by atoms with Crippen LogP contribution in [0.3, 0.4) is 0 Å². The average molecular weight is 346 g/mol. The number of aryl methyl sites for hydroxylation is 1. The molecule has 2 aromatic heterocycles. The van der Waals surface area contributed by atoms with Gasteiger partial charge in [0, 0.05) is 30.3 Å². The lowest BCUT2D eigenvalue weighted by atomic mass is 9.81. The molecule has 0 saturated carbocycles. The minimum absolute atomic E-state index is 0.0308. The first-order valence-corrected chi connectivity index (χ1v) is 8.45. The Labute approximate surface area is 151 Å². The summed E-state index contributed by atoms with van der Waals surface area (Å²) in [7, 11) is 0. The third-order valence-electron chi connectivity index (χ3n) is 4.55. The molecular formula is C20H18N4O2. The molecule has 130 valence electrons. The SMILES string of the molecule is Cc1nc(N)nc2c1C(=O)CC(c1cnccc1Oc1ccccc1)C2. The number of carbonyl (C=O) groups is 1. The van der Waals surface area contributed by atoms with E-state index in [1.165, 1.54) is 0 Å². The minimum atomic E-state index is -0.0592. The van der Waals surface area contributed by atoms with Gasteiger partial charge in [-0.15, -0.1) is 0 Å². The normalized spacial score (nSPS) is 16.2. The summed E-state index contributed by atoms with van der Waals surface area (Å²) in [6.45, 7) is 1.79. The maximum atomic E-state index is 12.7. The lowest BCUT2D eigenvalue weighted by molar-refractivity contribution is 0.0961. The maximum Gasteiger partial charge on any atom is 0.220 e. The van der Waals surface area contributed by atoms with Gasteiger partial charge in [0.05, 0.1) is 17.0 Å². The predicted octanol–water partition coefficient (Wildman–Crippen LogP) is 3.47. The molecule has 0 amide bonds. The summed E-state index contributed by atoms with van der Waals surface area (Å²) in [5.74, 6) is 1.61. The first-order chi connectivity index (χ1) is 12.6. The van der Waals surface area contributed by atoms with Gasteiger partial charge < -0.3 is 10.5 Å². The topological polar surface area (TPSA) is 91.0 Å². The van der Waals surface area contributed by atoms with Crippen LogP contribution < -0.4 is 10.5 Å². The highest BCUT2D eigenvalue weighted by Crippen LogP contribution is 2.38. The molecule has 0 saturated heterocycles. The fourth-order valence-corrected chi connectivity index (χ4v) is 3.43. The van der Waals surface area contributed by atoms with Gasteiger partial charge in [0.2, 0.25) is 5.95 Å². The second kappa shape index (κ2) is 6.55. The van der Waals surface area contributed by atoms with Gasteiger partial charge in [0.1, 0.15) is 11.5 Å². The summed E-state index contributed by atoms with van der Waals surface area (Å²) < 4.78 is 6.02. The Morgan fingerprint density at radius 3 is 2.73 bits per heavy atom. The van der Waals surface area contributed by atoms with E-state index >= 15 is 0 Å². The van der Waals surface area contributed by atoms with E-state index in [9.17, 15) is 4.79 Å². The van der Waals surface area contributed by atoms with Crippen molar-refractivity contribution in [3.63, 3.8) is 0 Å². The molecule has 26 heavy (non-hydrogen) atoms. The molecule has 3 aromatic rings. The molecule has 0 bridgehead atoms. The number of nitrogen functional groups attached to an aromatic ring is 1. The number of Topliss-reactive ketones (excluding diaryl/α,β-unsaturated/α-hetero) is 1. The molecule has 1 aromatic carbocycles. The van der Waals surface area contributed by atoms with Crippen LogP contribution >= 0.6 is 0 Å². The number of ether oxygens (including phenoxy) is 1. The molecule has 1 aliphatic rings. The molecule has 1 aliphatic carbocycles. The van der Waals surface area contributed by atoms with Gasteiger partial charge >= 0.3 is 0 Å². The number of fused-ring (bicyclic) bond motifs is 1. The van der Waals surface area contributed by atoms with Crippen LogP contribution in [0.25, 0.3) is 0 Å². The molecule has 2 N–H and O–H groups in total. The lowest BCUT2D eigenvalue weighted by Crippen LogP contribution is -2.23. The van der Waals surface area contributed by atoms with Crippen molar-refractivity contribution in [2.75, 3.05) is 5.73 Å². The highest BCUT2D eigenvalue weighted by Gasteiger charge is 2.31. The Balaban J connectivity index is 1.70. The number of anilines is 1. The number of pyridine rings is 1. The number of para-hydroxylation sites is 1. The molecule has 2 heterocycles. The molecule has 6 nitrogen and oxygen atoms in total. The average Bonchev–Trinajstić information content (AvgIpc) is 2.62. The van der Waals surface area contributed by atoms with Gasteiger partial charge in [-0.25, -0.2) is 9.97 Å². The van der Waals surface area contributed by atoms with E-state index in [4.69, 9.17) is 10.5 Å². The van der Waals surface area contributed by atoms with Gasteiger partial charge in [0.25, 0.3) is 0 Å². The number of rotatable bonds is 3. The van der Waals surface area contributed by atoms with E-state index in [2.05, 4.69) is 15.0 Å². The highest BCUT2D eigenvalue weighted by molar-refractivity contribution is 5.99. The lowest BCUT2D eigenvalue weighted by Gasteiger charge is -2.25. The summed E-state index contributed by atoms with van der Waals surface area (Å²) in [4.78, 5) is 25.3. The van der Waals surface area contributed by atoms with Crippen molar-refractivity contribution in [1.82, 2.24) is 15.0 Å². The number of ketones is 1. The maximum absolute atomic E-state index is 12.7. The minimum Gasteiger partial charge on any atom is -0.457 e. The molecular weight excluding hydrogens is 328 g/mol. The second-order valence-electron chi connectivity index (χ2n) is 6.35. The Bertz CT molecular complexity index is 973. The highest BCUT2D eigenvalue weighted by atomic mass is 16.5. The zero-order valence-electron chi connectivity index (χ0n) is 14.3. The number of hydrogen-bond donors (Lipinski definition) is 1. The molecule has 0 radical (unpaired) electrons. The zero-order chi connectivity index (χ0) is 18.1. The monoisotopic (exact) mass is 346 g/mol. The van der Waals surface area contributed by atoms with Gasteiger partial charge in [-0.1, -0.05) is 18.2 Å². The van der Waals surface area contributed by atoms with E-state index in [-0.39, 0.29) is 17.6 Å². The van der Waals surface area contributed by atoms with Crippen molar-refractivity contribution >= 4 is 11.7 Å². The predicted molar refractivity (Wildman–Crippen MR) is 97.3 cm³/mol. The Morgan fingerprint density at radius 2 is 1.92 bits per heavy atom. The van der Waals surface area contributed by atoms with Crippen LogP contribution in [0.2, 0.25) is 0 Å². The quantitative estimate of drug-likeness (QED) is 0.781. The third kappa shape index (κ3) is 3.01. The van der Waals surface area contributed by atoms with E-state index in [0.29, 0.717) is 35.5 Å². The second-order valence-corrected chi connectivity index (χ2v) is 6.35. The largest absolute Gasteiger partial charge is 0.457 e. The summed E-state index contributed by atoms with van der Waals surface area (Å²) in [6.07, 6.45) is 4.42. The van der Waals surface area contributed by atoms with Gasteiger partial charge in [-0.2, -0.15) is 0 Å². The molecule has 1 unspecified atom stereocenters.